The van der Waals surface area contributed by atoms with Crippen molar-refractivity contribution in [2.24, 2.45) is 0 Å². The van der Waals surface area contributed by atoms with Gasteiger partial charge in [-0.3, -0.25) is 9.59 Å². The van der Waals surface area contributed by atoms with Crippen LogP contribution in [0.1, 0.15) is 24.8 Å². The molecule has 0 spiro atoms. The summed E-state index contributed by atoms with van der Waals surface area (Å²) in [7, 11) is 0. The predicted octanol–water partition coefficient (Wildman–Crippen LogP) is 3.32. The standard InChI is InChI=1S/C18H16BrN3O2/c1-12(13-6-8-14(19)9-7-13)10-15(23)11-22-18(24)16-4-2-3-5-17(16)20-21-22/h2-9,12H,10-11H2,1H3/t12-/m1/s1. The average molecular weight is 386 g/mol. The molecule has 0 saturated heterocycles. The Hall–Kier alpha value is -2.34. The topological polar surface area (TPSA) is 64.8 Å². The Morgan fingerprint density at radius 1 is 1.17 bits per heavy atom. The number of hydrogen-bond acceptors (Lipinski definition) is 4. The zero-order valence-electron chi connectivity index (χ0n) is 13.1. The fraction of sp³-hybridized carbons (Fsp3) is 0.222. The van der Waals surface area contributed by atoms with Crippen LogP contribution >= 0.6 is 15.9 Å². The number of aromatic nitrogens is 3. The van der Waals surface area contributed by atoms with Gasteiger partial charge in [0.25, 0.3) is 5.56 Å². The fourth-order valence-corrected chi connectivity index (χ4v) is 2.87. The van der Waals surface area contributed by atoms with Gasteiger partial charge in [-0.05, 0) is 35.7 Å². The maximum atomic E-state index is 12.4. The van der Waals surface area contributed by atoms with E-state index in [4.69, 9.17) is 0 Å². The number of Topliss-reactive ketones (excluding diaryl/α,β-unsaturated/α-hetero) is 1. The summed E-state index contributed by atoms with van der Waals surface area (Å²) in [5, 5.41) is 8.34. The van der Waals surface area contributed by atoms with Crippen LogP contribution in [0.2, 0.25) is 0 Å². The SMILES string of the molecule is C[C@H](CC(=O)Cn1nnc2ccccc2c1=O)c1ccc(Br)cc1. The van der Waals surface area contributed by atoms with Crippen LogP contribution in [0.4, 0.5) is 0 Å². The molecule has 2 aromatic carbocycles. The summed E-state index contributed by atoms with van der Waals surface area (Å²) in [6.07, 6.45) is 0.350. The van der Waals surface area contributed by atoms with Crippen molar-refractivity contribution in [3.8, 4) is 0 Å². The third-order valence-electron chi connectivity index (χ3n) is 3.93. The van der Waals surface area contributed by atoms with Crippen molar-refractivity contribution in [1.29, 1.82) is 0 Å². The van der Waals surface area contributed by atoms with Gasteiger partial charge in [-0.15, -0.1) is 5.10 Å². The van der Waals surface area contributed by atoms with Gasteiger partial charge in [-0.1, -0.05) is 52.3 Å². The second kappa shape index (κ2) is 7.05. The van der Waals surface area contributed by atoms with E-state index in [2.05, 4.69) is 26.2 Å². The summed E-state index contributed by atoms with van der Waals surface area (Å²) in [4.78, 5) is 24.7. The van der Waals surface area contributed by atoms with Crippen LogP contribution in [0, 0.1) is 0 Å². The van der Waals surface area contributed by atoms with Gasteiger partial charge in [0.2, 0.25) is 0 Å². The summed E-state index contributed by atoms with van der Waals surface area (Å²) in [6.45, 7) is 1.94. The smallest absolute Gasteiger partial charge is 0.278 e. The predicted molar refractivity (Wildman–Crippen MR) is 96.0 cm³/mol. The highest BCUT2D eigenvalue weighted by Crippen LogP contribution is 2.21. The number of halogens is 1. The molecule has 6 heteroatoms. The molecule has 0 radical (unpaired) electrons. The fourth-order valence-electron chi connectivity index (χ4n) is 2.61. The van der Waals surface area contributed by atoms with Gasteiger partial charge >= 0.3 is 0 Å². The van der Waals surface area contributed by atoms with Gasteiger partial charge in [0.1, 0.15) is 12.1 Å². The molecule has 0 N–H and O–H groups in total. The lowest BCUT2D eigenvalue weighted by molar-refractivity contribution is -0.120. The molecule has 0 aliphatic carbocycles. The van der Waals surface area contributed by atoms with E-state index >= 15 is 0 Å². The first-order chi connectivity index (χ1) is 11.5. The second-order valence-corrected chi connectivity index (χ2v) is 6.68. The largest absolute Gasteiger partial charge is 0.298 e. The van der Waals surface area contributed by atoms with Crippen molar-refractivity contribution in [2.45, 2.75) is 25.8 Å². The van der Waals surface area contributed by atoms with E-state index in [-0.39, 0.29) is 23.8 Å². The molecule has 0 saturated carbocycles. The van der Waals surface area contributed by atoms with Crippen LogP contribution < -0.4 is 5.56 Å². The minimum atomic E-state index is -0.287. The van der Waals surface area contributed by atoms with Gasteiger partial charge in [-0.25, -0.2) is 4.68 Å². The number of rotatable bonds is 5. The molecule has 5 nitrogen and oxygen atoms in total. The summed E-state index contributed by atoms with van der Waals surface area (Å²) in [6, 6.07) is 14.9. The number of ketones is 1. The number of benzene rings is 2. The molecule has 0 bridgehead atoms. The van der Waals surface area contributed by atoms with E-state index in [0.717, 1.165) is 14.7 Å². The summed E-state index contributed by atoms with van der Waals surface area (Å²) < 4.78 is 2.14. The molecular weight excluding hydrogens is 370 g/mol. The Morgan fingerprint density at radius 3 is 2.62 bits per heavy atom. The highest BCUT2D eigenvalue weighted by molar-refractivity contribution is 9.10. The quantitative estimate of drug-likeness (QED) is 0.675. The molecule has 3 aromatic rings. The van der Waals surface area contributed by atoms with Crippen molar-refractivity contribution in [3.05, 3.63) is 68.9 Å². The van der Waals surface area contributed by atoms with Gasteiger partial charge in [-0.2, -0.15) is 0 Å². The monoisotopic (exact) mass is 385 g/mol. The minimum absolute atomic E-state index is 0.0444. The van der Waals surface area contributed by atoms with E-state index in [1.54, 1.807) is 24.3 Å². The Labute approximate surface area is 147 Å². The lowest BCUT2D eigenvalue weighted by atomic mass is 9.96. The normalized spacial score (nSPS) is 12.2. The Morgan fingerprint density at radius 2 is 1.88 bits per heavy atom. The first-order valence-electron chi connectivity index (χ1n) is 7.64. The van der Waals surface area contributed by atoms with Gasteiger partial charge < -0.3 is 0 Å². The van der Waals surface area contributed by atoms with Crippen molar-refractivity contribution in [1.82, 2.24) is 15.0 Å². The lowest BCUT2D eigenvalue weighted by Crippen LogP contribution is -2.28. The molecule has 0 fully saturated rings. The van der Waals surface area contributed by atoms with Crippen LogP contribution in [-0.2, 0) is 11.3 Å². The average Bonchev–Trinajstić information content (AvgIpc) is 2.58. The van der Waals surface area contributed by atoms with E-state index in [0.29, 0.717) is 17.3 Å². The highest BCUT2D eigenvalue weighted by atomic mass is 79.9. The molecule has 0 unspecified atom stereocenters. The molecule has 24 heavy (non-hydrogen) atoms. The van der Waals surface area contributed by atoms with Crippen LogP contribution in [0.5, 0.6) is 0 Å². The molecule has 3 rings (SSSR count). The molecular formula is C18H16BrN3O2. The maximum absolute atomic E-state index is 12.4. The Bertz CT molecular complexity index is 935. The molecule has 1 aromatic heterocycles. The number of hydrogen-bond donors (Lipinski definition) is 0. The van der Waals surface area contributed by atoms with E-state index in [1.807, 2.05) is 31.2 Å². The van der Waals surface area contributed by atoms with Crippen LogP contribution in [0.3, 0.4) is 0 Å². The van der Waals surface area contributed by atoms with Crippen LogP contribution in [0.25, 0.3) is 10.9 Å². The molecule has 0 aliphatic rings. The van der Waals surface area contributed by atoms with Crippen molar-refractivity contribution >= 4 is 32.6 Å². The van der Waals surface area contributed by atoms with Crippen molar-refractivity contribution in [3.63, 3.8) is 0 Å². The highest BCUT2D eigenvalue weighted by Gasteiger charge is 2.14. The van der Waals surface area contributed by atoms with E-state index in [9.17, 15) is 9.59 Å². The molecule has 0 amide bonds. The van der Waals surface area contributed by atoms with Crippen LogP contribution in [-0.4, -0.2) is 20.8 Å². The molecule has 122 valence electrons. The molecule has 0 aliphatic heterocycles. The van der Waals surface area contributed by atoms with Crippen molar-refractivity contribution in [2.75, 3.05) is 0 Å². The molecule has 1 atom stereocenters. The first-order valence-corrected chi connectivity index (χ1v) is 8.43. The number of carbonyl (C=O) groups is 1. The minimum Gasteiger partial charge on any atom is -0.298 e. The zero-order chi connectivity index (χ0) is 17.1. The second-order valence-electron chi connectivity index (χ2n) is 5.76. The van der Waals surface area contributed by atoms with E-state index < -0.39 is 0 Å². The van der Waals surface area contributed by atoms with Gasteiger partial charge in [0.15, 0.2) is 5.78 Å². The van der Waals surface area contributed by atoms with Gasteiger partial charge in [0.05, 0.1) is 5.39 Å². The maximum Gasteiger partial charge on any atom is 0.278 e. The molecule has 1 heterocycles. The number of carbonyl (C=O) groups excluding carboxylic acids is 1. The summed E-state index contributed by atoms with van der Waals surface area (Å²) in [5.74, 6) is 0.0341. The zero-order valence-corrected chi connectivity index (χ0v) is 14.7. The summed E-state index contributed by atoms with van der Waals surface area (Å²) in [5.41, 5.74) is 1.34. The third-order valence-corrected chi connectivity index (χ3v) is 4.46. The number of fused-ring (bicyclic) bond motifs is 1. The lowest BCUT2D eigenvalue weighted by Gasteiger charge is -2.11. The summed E-state index contributed by atoms with van der Waals surface area (Å²) >= 11 is 3.40. The third kappa shape index (κ3) is 3.59. The van der Waals surface area contributed by atoms with E-state index in [1.165, 1.54) is 0 Å². The Kier molecular flexibility index (Phi) is 4.85. The van der Waals surface area contributed by atoms with Crippen molar-refractivity contribution < 1.29 is 4.79 Å². The number of nitrogens with zero attached hydrogens (tertiary/aromatic N) is 3. The Balaban J connectivity index is 1.74. The van der Waals surface area contributed by atoms with Crippen LogP contribution in [0.15, 0.2) is 57.8 Å². The van der Waals surface area contributed by atoms with Gasteiger partial charge in [0, 0.05) is 10.9 Å². The first kappa shape index (κ1) is 16.5.